The number of aromatic nitrogens is 2. The molecule has 1 saturated heterocycles. The molecule has 5 heteroatoms. The second-order valence-corrected chi connectivity index (χ2v) is 8.42. The summed E-state index contributed by atoms with van der Waals surface area (Å²) < 4.78 is 2.41. The Morgan fingerprint density at radius 2 is 1.79 bits per heavy atom. The Bertz CT molecular complexity index is 994. The van der Waals surface area contributed by atoms with Crippen molar-refractivity contribution in [2.45, 2.75) is 52.4 Å². The Labute approximate surface area is 178 Å². The second kappa shape index (κ2) is 7.99. The molecule has 1 aliphatic rings. The van der Waals surface area contributed by atoms with Crippen LogP contribution in [0.1, 0.15) is 60.2 Å². The highest BCUT2D eigenvalue weighted by atomic mass is 32.1. The van der Waals surface area contributed by atoms with Crippen LogP contribution in [-0.4, -0.2) is 19.6 Å². The van der Waals surface area contributed by atoms with E-state index in [1.165, 1.54) is 22.5 Å². The molecular weight excluding hydrogens is 376 g/mol. The van der Waals surface area contributed by atoms with Gasteiger partial charge in [0.15, 0.2) is 5.11 Å². The first-order valence-corrected chi connectivity index (χ1v) is 10.6. The van der Waals surface area contributed by atoms with Crippen LogP contribution in [-0.2, 0) is 6.54 Å². The molecule has 0 unspecified atom stereocenters. The van der Waals surface area contributed by atoms with E-state index in [0.29, 0.717) is 6.04 Å². The zero-order valence-corrected chi connectivity index (χ0v) is 18.3. The van der Waals surface area contributed by atoms with E-state index in [1.807, 2.05) is 18.3 Å². The minimum absolute atomic E-state index is 0.0218. The summed E-state index contributed by atoms with van der Waals surface area (Å²) >= 11 is 5.81. The van der Waals surface area contributed by atoms with Crippen LogP contribution in [0.2, 0.25) is 0 Å². The van der Waals surface area contributed by atoms with Gasteiger partial charge < -0.3 is 14.8 Å². The molecule has 4 nitrogen and oxygen atoms in total. The molecule has 1 N–H and O–H groups in total. The number of nitrogens with one attached hydrogen (secondary N) is 1. The number of aryl methyl sites for hydroxylation is 1. The van der Waals surface area contributed by atoms with E-state index in [-0.39, 0.29) is 12.1 Å². The highest BCUT2D eigenvalue weighted by Crippen LogP contribution is 2.42. The van der Waals surface area contributed by atoms with Gasteiger partial charge in [-0.05, 0) is 69.2 Å². The lowest BCUT2D eigenvalue weighted by atomic mass is 9.96. The number of rotatable bonds is 5. The molecule has 3 aromatic rings. The summed E-state index contributed by atoms with van der Waals surface area (Å²) in [4.78, 5) is 6.97. The van der Waals surface area contributed by atoms with Gasteiger partial charge in [0, 0.05) is 30.2 Å². The summed E-state index contributed by atoms with van der Waals surface area (Å²) in [5.74, 6) is 0. The van der Waals surface area contributed by atoms with Gasteiger partial charge in [0.2, 0.25) is 0 Å². The fourth-order valence-corrected chi connectivity index (χ4v) is 4.90. The van der Waals surface area contributed by atoms with Crippen LogP contribution in [0.3, 0.4) is 0 Å². The van der Waals surface area contributed by atoms with Gasteiger partial charge in [-0.1, -0.05) is 36.4 Å². The Morgan fingerprint density at radius 1 is 1.07 bits per heavy atom. The van der Waals surface area contributed by atoms with Crippen molar-refractivity contribution >= 4 is 17.3 Å². The normalized spacial score (nSPS) is 19.1. The summed E-state index contributed by atoms with van der Waals surface area (Å²) in [7, 11) is 0. The molecule has 2 atom stereocenters. The molecule has 3 heterocycles. The van der Waals surface area contributed by atoms with Crippen LogP contribution < -0.4 is 5.32 Å². The van der Waals surface area contributed by atoms with E-state index < -0.39 is 0 Å². The molecule has 0 amide bonds. The first-order chi connectivity index (χ1) is 14.0. The highest BCUT2D eigenvalue weighted by Gasteiger charge is 2.41. The number of thiocarbonyl (C=S) groups is 1. The zero-order chi connectivity index (χ0) is 20.5. The van der Waals surface area contributed by atoms with Gasteiger partial charge in [-0.15, -0.1) is 0 Å². The molecule has 0 bridgehead atoms. The lowest BCUT2D eigenvalue weighted by Crippen LogP contribution is -2.29. The first-order valence-electron chi connectivity index (χ1n) is 10.2. The van der Waals surface area contributed by atoms with Crippen molar-refractivity contribution in [3.05, 3.63) is 89.0 Å². The number of hydrogen-bond donors (Lipinski definition) is 1. The monoisotopic (exact) mass is 404 g/mol. The van der Waals surface area contributed by atoms with Crippen LogP contribution in [0, 0.1) is 13.8 Å². The predicted octanol–water partition coefficient (Wildman–Crippen LogP) is 5.25. The third-order valence-corrected chi connectivity index (χ3v) is 6.10. The van der Waals surface area contributed by atoms with Crippen molar-refractivity contribution in [3.63, 3.8) is 0 Å². The SMILES string of the molecule is Cc1cc([C@@H]2[C@H](c3ccccn3)NC(=S)N2Cc2ccccc2)c(C)n1C(C)C. The average molecular weight is 405 g/mol. The van der Waals surface area contributed by atoms with Crippen molar-refractivity contribution < 1.29 is 0 Å². The predicted molar refractivity (Wildman–Crippen MR) is 122 cm³/mol. The quantitative estimate of drug-likeness (QED) is 0.589. The van der Waals surface area contributed by atoms with Gasteiger partial charge in [0.1, 0.15) is 0 Å². The van der Waals surface area contributed by atoms with Gasteiger partial charge in [-0.2, -0.15) is 0 Å². The van der Waals surface area contributed by atoms with Gasteiger partial charge in [0.05, 0.1) is 17.8 Å². The third kappa shape index (κ3) is 3.67. The fourth-order valence-electron chi connectivity index (χ4n) is 4.59. The average Bonchev–Trinajstić information content (AvgIpc) is 3.19. The Balaban J connectivity index is 1.81. The zero-order valence-electron chi connectivity index (χ0n) is 17.5. The Morgan fingerprint density at radius 3 is 2.41 bits per heavy atom. The maximum absolute atomic E-state index is 5.81. The van der Waals surface area contributed by atoms with Gasteiger partial charge in [-0.25, -0.2) is 0 Å². The van der Waals surface area contributed by atoms with E-state index in [4.69, 9.17) is 12.2 Å². The minimum Gasteiger partial charge on any atom is -0.352 e. The topological polar surface area (TPSA) is 33.1 Å². The molecule has 4 rings (SSSR count). The van der Waals surface area contributed by atoms with Crippen LogP contribution in [0.4, 0.5) is 0 Å². The Hall–Kier alpha value is -2.66. The van der Waals surface area contributed by atoms with E-state index >= 15 is 0 Å². The van der Waals surface area contributed by atoms with Gasteiger partial charge >= 0.3 is 0 Å². The molecule has 0 radical (unpaired) electrons. The summed E-state index contributed by atoms with van der Waals surface area (Å²) in [5, 5.41) is 4.34. The van der Waals surface area contributed by atoms with Crippen LogP contribution >= 0.6 is 12.2 Å². The smallest absolute Gasteiger partial charge is 0.170 e. The van der Waals surface area contributed by atoms with Crippen LogP contribution in [0.5, 0.6) is 0 Å². The highest BCUT2D eigenvalue weighted by molar-refractivity contribution is 7.80. The number of benzene rings is 1. The standard InChI is InChI=1S/C24H28N4S/c1-16(2)28-17(3)14-20(18(28)4)23-22(21-12-8-9-13-25-21)26-24(29)27(23)15-19-10-6-5-7-11-19/h5-14,16,22-23H,15H2,1-4H3,(H,26,29)/t22-,23+/m0/s1. The summed E-state index contributed by atoms with van der Waals surface area (Å²) in [6.07, 6.45) is 1.86. The molecule has 1 aliphatic heterocycles. The molecule has 0 aliphatic carbocycles. The van der Waals surface area contributed by atoms with Gasteiger partial charge in [0.25, 0.3) is 0 Å². The molecule has 29 heavy (non-hydrogen) atoms. The third-order valence-electron chi connectivity index (χ3n) is 5.75. The fraction of sp³-hybridized carbons (Fsp3) is 0.333. The molecule has 2 aromatic heterocycles. The first kappa shape index (κ1) is 19.6. The van der Waals surface area contributed by atoms with Crippen LogP contribution in [0.25, 0.3) is 0 Å². The number of pyridine rings is 1. The summed E-state index contributed by atoms with van der Waals surface area (Å²) in [5.41, 5.74) is 6.17. The maximum atomic E-state index is 5.81. The lowest BCUT2D eigenvalue weighted by molar-refractivity contribution is 0.309. The molecule has 1 aromatic carbocycles. The van der Waals surface area contributed by atoms with Crippen molar-refractivity contribution in [1.29, 1.82) is 0 Å². The van der Waals surface area contributed by atoms with Crippen molar-refractivity contribution in [3.8, 4) is 0 Å². The Kier molecular flexibility index (Phi) is 5.41. The van der Waals surface area contributed by atoms with Gasteiger partial charge in [-0.3, -0.25) is 4.98 Å². The van der Waals surface area contributed by atoms with Crippen molar-refractivity contribution in [1.82, 2.24) is 19.8 Å². The second-order valence-electron chi connectivity index (χ2n) is 8.03. The molecular formula is C24H28N4S. The molecule has 1 fully saturated rings. The van der Waals surface area contributed by atoms with E-state index in [1.54, 1.807) is 0 Å². The van der Waals surface area contributed by atoms with Crippen molar-refractivity contribution in [2.75, 3.05) is 0 Å². The molecule has 150 valence electrons. The molecule has 0 saturated carbocycles. The van der Waals surface area contributed by atoms with Crippen LogP contribution in [0.15, 0.2) is 60.8 Å². The van der Waals surface area contributed by atoms with E-state index in [9.17, 15) is 0 Å². The van der Waals surface area contributed by atoms with E-state index in [0.717, 1.165) is 17.4 Å². The van der Waals surface area contributed by atoms with Crippen molar-refractivity contribution in [2.24, 2.45) is 0 Å². The maximum Gasteiger partial charge on any atom is 0.170 e. The minimum atomic E-state index is 0.0218. The largest absolute Gasteiger partial charge is 0.352 e. The number of hydrogen-bond acceptors (Lipinski definition) is 2. The summed E-state index contributed by atoms with van der Waals surface area (Å²) in [6, 6.07) is 19.5. The summed E-state index contributed by atoms with van der Waals surface area (Å²) in [6.45, 7) is 9.65. The van der Waals surface area contributed by atoms with E-state index in [2.05, 4.69) is 89.9 Å². The number of nitrogens with zero attached hydrogens (tertiary/aromatic N) is 3. The lowest BCUT2D eigenvalue weighted by Gasteiger charge is -2.28. The molecule has 0 spiro atoms.